The lowest BCUT2D eigenvalue weighted by Gasteiger charge is -2.37. The number of alkyl halides is 3. The van der Waals surface area contributed by atoms with Crippen molar-refractivity contribution in [2.24, 2.45) is 0 Å². The number of amides is 3. The molecule has 0 atom stereocenters. The van der Waals surface area contributed by atoms with Gasteiger partial charge in [0.2, 0.25) is 0 Å². The molecule has 2 heterocycles. The number of halogens is 3. The van der Waals surface area contributed by atoms with Gasteiger partial charge in [0.25, 0.3) is 5.91 Å². The summed E-state index contributed by atoms with van der Waals surface area (Å²) in [5.74, 6) is -0.666. The lowest BCUT2D eigenvalue weighted by molar-refractivity contribution is -0.140. The van der Waals surface area contributed by atoms with E-state index in [0.29, 0.717) is 45.0 Å². The average Bonchev–Trinajstić information content (AvgIpc) is 2.78. The minimum absolute atomic E-state index is 0.0251. The van der Waals surface area contributed by atoms with E-state index in [0.717, 1.165) is 5.56 Å². The maximum atomic E-state index is 13.6. The zero-order valence-corrected chi connectivity index (χ0v) is 18.5. The van der Waals surface area contributed by atoms with E-state index in [1.807, 2.05) is 25.1 Å². The van der Waals surface area contributed by atoms with Gasteiger partial charge in [0, 0.05) is 52.0 Å². The van der Waals surface area contributed by atoms with Gasteiger partial charge in [-0.15, -0.1) is 0 Å². The van der Waals surface area contributed by atoms with Crippen LogP contribution in [0.15, 0.2) is 36.4 Å². The van der Waals surface area contributed by atoms with Crippen LogP contribution in [0, 0.1) is 0 Å². The molecule has 0 spiro atoms. The summed E-state index contributed by atoms with van der Waals surface area (Å²) in [6.07, 6.45) is -4.67. The monoisotopic (exact) mass is 464 g/mol. The van der Waals surface area contributed by atoms with Crippen molar-refractivity contribution < 1.29 is 22.8 Å². The van der Waals surface area contributed by atoms with Crippen molar-refractivity contribution in [2.45, 2.75) is 19.6 Å². The van der Waals surface area contributed by atoms with Crippen molar-refractivity contribution in [1.29, 1.82) is 0 Å². The van der Waals surface area contributed by atoms with Gasteiger partial charge in [-0.05, 0) is 36.8 Å². The summed E-state index contributed by atoms with van der Waals surface area (Å²) in [4.78, 5) is 30.8. The van der Waals surface area contributed by atoms with Gasteiger partial charge < -0.3 is 20.9 Å². The van der Waals surface area contributed by atoms with Gasteiger partial charge in [0.1, 0.15) is 5.69 Å². The van der Waals surface area contributed by atoms with Crippen LogP contribution in [0.25, 0.3) is 0 Å². The minimum Gasteiger partial charge on any atom is -0.367 e. The molecule has 2 aromatic rings. The number of rotatable bonds is 6. The van der Waals surface area contributed by atoms with Crippen molar-refractivity contribution in [3.05, 3.63) is 53.3 Å². The van der Waals surface area contributed by atoms with Crippen LogP contribution < -0.4 is 20.9 Å². The van der Waals surface area contributed by atoms with Crippen molar-refractivity contribution in [1.82, 2.24) is 20.5 Å². The molecule has 1 aliphatic rings. The van der Waals surface area contributed by atoms with E-state index in [4.69, 9.17) is 0 Å². The number of anilines is 2. The molecular formula is C22H27F3N6O2. The van der Waals surface area contributed by atoms with E-state index in [9.17, 15) is 22.8 Å². The van der Waals surface area contributed by atoms with Gasteiger partial charge in [-0.1, -0.05) is 12.1 Å². The highest BCUT2D eigenvalue weighted by atomic mass is 19.4. The molecule has 0 radical (unpaired) electrons. The Hall–Kier alpha value is -3.34. The van der Waals surface area contributed by atoms with E-state index in [2.05, 4.69) is 25.8 Å². The molecule has 11 heteroatoms. The predicted molar refractivity (Wildman–Crippen MR) is 119 cm³/mol. The Bertz CT molecular complexity index is 990. The fourth-order valence-corrected chi connectivity index (χ4v) is 3.66. The third kappa shape index (κ3) is 6.35. The van der Waals surface area contributed by atoms with Gasteiger partial charge in [0.05, 0.1) is 5.69 Å². The summed E-state index contributed by atoms with van der Waals surface area (Å²) in [5, 5.41) is 7.73. The molecule has 8 nitrogen and oxygen atoms in total. The number of urea groups is 1. The number of nitrogens with one attached hydrogen (secondary N) is 3. The number of carbonyl (C=O) groups is 2. The third-order valence-electron chi connectivity index (χ3n) is 5.24. The highest BCUT2D eigenvalue weighted by Gasteiger charge is 2.38. The highest BCUT2D eigenvalue weighted by molar-refractivity contribution is 5.92. The van der Waals surface area contributed by atoms with Crippen LogP contribution in [0.3, 0.4) is 0 Å². The zero-order valence-electron chi connectivity index (χ0n) is 18.5. The van der Waals surface area contributed by atoms with E-state index in [1.165, 1.54) is 19.2 Å². The number of piperazine rings is 1. The van der Waals surface area contributed by atoms with Crippen LogP contribution in [0.4, 0.5) is 29.3 Å². The molecule has 3 N–H and O–H groups in total. The van der Waals surface area contributed by atoms with Crippen LogP contribution >= 0.6 is 0 Å². The van der Waals surface area contributed by atoms with Gasteiger partial charge in [-0.2, -0.15) is 13.2 Å². The van der Waals surface area contributed by atoms with Crippen molar-refractivity contribution >= 4 is 23.3 Å². The third-order valence-corrected chi connectivity index (χ3v) is 5.24. The number of pyridine rings is 1. The molecule has 1 fully saturated rings. The summed E-state index contributed by atoms with van der Waals surface area (Å²) in [7, 11) is 1.34. The standard InChI is InChI=1S/C22H27F3N6O2/c1-3-27-21(33)28-16-6-4-5-15(13-16)14-30-9-11-31(12-10-30)18-8-7-17(20(32)26-2)29-19(18)22(23,24)25/h4-8,13H,3,9-12,14H2,1-2H3,(H,26,32)(H2,27,28,33). The smallest absolute Gasteiger partial charge is 0.367 e. The number of carbonyl (C=O) groups excluding carboxylic acids is 2. The van der Waals surface area contributed by atoms with Crippen molar-refractivity contribution in [3.8, 4) is 0 Å². The number of hydrogen-bond acceptors (Lipinski definition) is 5. The van der Waals surface area contributed by atoms with Gasteiger partial charge in [-0.25, -0.2) is 9.78 Å². The largest absolute Gasteiger partial charge is 0.435 e. The number of aromatic nitrogens is 1. The Labute approximate surface area is 190 Å². The SMILES string of the molecule is CCNC(=O)Nc1cccc(CN2CCN(c3ccc(C(=O)NC)nc3C(F)(F)F)CC2)c1. The predicted octanol–water partition coefficient (Wildman–Crippen LogP) is 2.92. The molecule has 0 bridgehead atoms. The van der Waals surface area contributed by atoms with E-state index < -0.39 is 17.8 Å². The molecule has 1 aromatic heterocycles. The number of hydrogen-bond donors (Lipinski definition) is 3. The molecule has 3 amide bonds. The van der Waals surface area contributed by atoms with Gasteiger partial charge in [-0.3, -0.25) is 9.69 Å². The topological polar surface area (TPSA) is 89.6 Å². The summed E-state index contributed by atoms with van der Waals surface area (Å²) in [6.45, 7) is 4.86. The van der Waals surface area contributed by atoms with Crippen LogP contribution in [-0.2, 0) is 12.7 Å². The van der Waals surface area contributed by atoms with Crippen LogP contribution in [-0.4, -0.2) is 61.6 Å². The van der Waals surface area contributed by atoms with E-state index >= 15 is 0 Å². The molecule has 0 aliphatic carbocycles. The highest BCUT2D eigenvalue weighted by Crippen LogP contribution is 2.35. The second-order valence-electron chi connectivity index (χ2n) is 7.59. The van der Waals surface area contributed by atoms with Crippen LogP contribution in [0.5, 0.6) is 0 Å². The Morgan fingerprint density at radius 3 is 2.45 bits per heavy atom. The molecule has 3 rings (SSSR count). The van der Waals surface area contributed by atoms with Crippen molar-refractivity contribution in [3.63, 3.8) is 0 Å². The summed E-state index contributed by atoms with van der Waals surface area (Å²) in [5.41, 5.74) is 0.317. The fourth-order valence-electron chi connectivity index (χ4n) is 3.66. The zero-order chi connectivity index (χ0) is 24.0. The second-order valence-corrected chi connectivity index (χ2v) is 7.59. The van der Waals surface area contributed by atoms with E-state index in [-0.39, 0.29) is 17.4 Å². The Morgan fingerprint density at radius 1 is 1.09 bits per heavy atom. The second kappa shape index (κ2) is 10.5. The molecule has 0 saturated carbocycles. The van der Waals surface area contributed by atoms with E-state index in [1.54, 1.807) is 11.0 Å². The fraction of sp³-hybridized carbons (Fsp3) is 0.409. The van der Waals surface area contributed by atoms with Gasteiger partial charge >= 0.3 is 12.2 Å². The Morgan fingerprint density at radius 2 is 1.82 bits per heavy atom. The van der Waals surface area contributed by atoms with Crippen molar-refractivity contribution in [2.75, 3.05) is 50.0 Å². The Kier molecular flexibility index (Phi) is 7.75. The summed E-state index contributed by atoms with van der Waals surface area (Å²) in [6, 6.07) is 9.81. The molecule has 33 heavy (non-hydrogen) atoms. The van der Waals surface area contributed by atoms with Crippen LogP contribution in [0.1, 0.15) is 28.7 Å². The molecule has 1 aromatic carbocycles. The maximum absolute atomic E-state index is 13.6. The van der Waals surface area contributed by atoms with Crippen LogP contribution in [0.2, 0.25) is 0 Å². The average molecular weight is 464 g/mol. The molecule has 1 saturated heterocycles. The first-order valence-corrected chi connectivity index (χ1v) is 10.6. The molecule has 178 valence electrons. The first kappa shape index (κ1) is 24.3. The first-order chi connectivity index (χ1) is 15.7. The maximum Gasteiger partial charge on any atom is 0.435 e. The quantitative estimate of drug-likeness (QED) is 0.612. The Balaban J connectivity index is 1.66. The normalized spacial score (nSPS) is 14.6. The number of benzene rings is 1. The van der Waals surface area contributed by atoms with Gasteiger partial charge in [0.15, 0.2) is 5.69 Å². The molecule has 0 unspecified atom stereocenters. The first-order valence-electron chi connectivity index (χ1n) is 10.6. The summed E-state index contributed by atoms with van der Waals surface area (Å²) >= 11 is 0. The number of nitrogens with zero attached hydrogens (tertiary/aromatic N) is 3. The lowest BCUT2D eigenvalue weighted by Crippen LogP contribution is -2.46. The molecule has 1 aliphatic heterocycles. The minimum atomic E-state index is -4.67. The summed E-state index contributed by atoms with van der Waals surface area (Å²) < 4.78 is 40.9. The lowest BCUT2D eigenvalue weighted by atomic mass is 10.1. The molecular weight excluding hydrogens is 437 g/mol.